The highest BCUT2D eigenvalue weighted by Gasteiger charge is 2.21. The van der Waals surface area contributed by atoms with Crippen LogP contribution in [0.3, 0.4) is 0 Å². The molecular weight excluding hydrogens is 308 g/mol. The summed E-state index contributed by atoms with van der Waals surface area (Å²) in [5, 5.41) is 0. The van der Waals surface area contributed by atoms with Gasteiger partial charge in [0.25, 0.3) is 0 Å². The molecule has 2 aliphatic rings. The first-order valence-corrected chi connectivity index (χ1v) is 9.63. The van der Waals surface area contributed by atoms with E-state index < -0.39 is 0 Å². The molecule has 0 N–H and O–H groups in total. The third kappa shape index (κ3) is 4.43. The number of anilines is 1. The van der Waals surface area contributed by atoms with Crippen molar-refractivity contribution in [3.63, 3.8) is 0 Å². The summed E-state index contributed by atoms with van der Waals surface area (Å²) in [6.45, 7) is 13.2. The number of hydrogen-bond donors (Lipinski definition) is 0. The van der Waals surface area contributed by atoms with Gasteiger partial charge < -0.3 is 9.80 Å². The molecule has 0 saturated carbocycles. The average molecular weight is 341 g/mol. The summed E-state index contributed by atoms with van der Waals surface area (Å²) in [5.41, 5.74) is 4.01. The lowest BCUT2D eigenvalue weighted by Gasteiger charge is -2.38. The highest BCUT2D eigenvalue weighted by atomic mass is 15.3. The van der Waals surface area contributed by atoms with Crippen LogP contribution in [-0.4, -0.2) is 62.0 Å². The third-order valence-electron chi connectivity index (χ3n) is 5.53. The molecule has 2 fully saturated rings. The first kappa shape index (κ1) is 18.0. The number of amidine groups is 1. The summed E-state index contributed by atoms with van der Waals surface area (Å²) in [7, 11) is 1.91. The Labute approximate surface area is 152 Å². The van der Waals surface area contributed by atoms with E-state index in [1.54, 1.807) is 0 Å². The predicted octanol–water partition coefficient (Wildman–Crippen LogP) is 3.54. The topological polar surface area (TPSA) is 22.1 Å². The Morgan fingerprint density at radius 2 is 1.84 bits per heavy atom. The zero-order chi connectivity index (χ0) is 17.6. The number of benzene rings is 1. The van der Waals surface area contributed by atoms with Crippen molar-refractivity contribution in [2.45, 2.75) is 32.6 Å². The predicted molar refractivity (Wildman–Crippen MR) is 108 cm³/mol. The van der Waals surface area contributed by atoms with Crippen LogP contribution in [0, 0.1) is 6.92 Å². The van der Waals surface area contributed by atoms with E-state index >= 15 is 0 Å². The van der Waals surface area contributed by atoms with Gasteiger partial charge in [0.2, 0.25) is 0 Å². The van der Waals surface area contributed by atoms with E-state index in [0.717, 1.165) is 52.1 Å². The summed E-state index contributed by atoms with van der Waals surface area (Å²) in [6, 6.07) is 8.71. The fraction of sp³-hybridized carbons (Fsp3) is 0.571. The smallest absolute Gasteiger partial charge is 0.103 e. The van der Waals surface area contributed by atoms with Crippen molar-refractivity contribution in [1.29, 1.82) is 0 Å². The van der Waals surface area contributed by atoms with Crippen LogP contribution in [0.2, 0.25) is 0 Å². The minimum Gasteiger partial charge on any atom is -0.369 e. The molecule has 0 aromatic heterocycles. The van der Waals surface area contributed by atoms with Crippen molar-refractivity contribution in [3.05, 3.63) is 42.1 Å². The van der Waals surface area contributed by atoms with Crippen molar-refractivity contribution >= 4 is 11.5 Å². The van der Waals surface area contributed by atoms with Crippen LogP contribution in [0.5, 0.6) is 0 Å². The monoisotopic (exact) mass is 340 g/mol. The van der Waals surface area contributed by atoms with E-state index in [9.17, 15) is 0 Å². The first-order chi connectivity index (χ1) is 12.2. The molecule has 2 aliphatic heterocycles. The summed E-state index contributed by atoms with van der Waals surface area (Å²) in [6.07, 6.45) is 4.67. The lowest BCUT2D eigenvalue weighted by Crippen LogP contribution is -2.47. The highest BCUT2D eigenvalue weighted by molar-refractivity contribution is 5.84. The second kappa shape index (κ2) is 8.52. The van der Waals surface area contributed by atoms with Crippen LogP contribution in [-0.2, 0) is 0 Å². The van der Waals surface area contributed by atoms with Crippen LogP contribution < -0.4 is 4.90 Å². The van der Waals surface area contributed by atoms with Gasteiger partial charge in [0.1, 0.15) is 5.84 Å². The fourth-order valence-corrected chi connectivity index (χ4v) is 3.94. The maximum atomic E-state index is 4.46. The van der Waals surface area contributed by atoms with Crippen LogP contribution in [0.4, 0.5) is 5.69 Å². The molecule has 25 heavy (non-hydrogen) atoms. The number of piperidine rings is 1. The molecule has 0 atom stereocenters. The van der Waals surface area contributed by atoms with Gasteiger partial charge in [0, 0.05) is 64.1 Å². The van der Waals surface area contributed by atoms with E-state index in [1.165, 1.54) is 35.6 Å². The SMILES string of the molecule is C=C(CCN1CCN(c2ccccc2C)CC1)N1CCCC/C1=N/C. The van der Waals surface area contributed by atoms with E-state index in [-0.39, 0.29) is 0 Å². The average Bonchev–Trinajstić information content (AvgIpc) is 2.67. The quantitative estimate of drug-likeness (QED) is 0.818. The van der Waals surface area contributed by atoms with Gasteiger partial charge in [0.15, 0.2) is 0 Å². The molecular formula is C21H32N4. The van der Waals surface area contributed by atoms with Gasteiger partial charge in [0.05, 0.1) is 0 Å². The van der Waals surface area contributed by atoms with Gasteiger partial charge >= 0.3 is 0 Å². The van der Waals surface area contributed by atoms with Gasteiger partial charge in [-0.05, 0) is 37.8 Å². The molecule has 136 valence electrons. The Morgan fingerprint density at radius 1 is 1.08 bits per heavy atom. The normalized spacial score (nSPS) is 21.0. The molecule has 1 aromatic rings. The second-order valence-corrected chi connectivity index (χ2v) is 7.18. The maximum absolute atomic E-state index is 4.46. The Morgan fingerprint density at radius 3 is 2.56 bits per heavy atom. The molecule has 2 heterocycles. The van der Waals surface area contributed by atoms with Crippen LogP contribution in [0.15, 0.2) is 41.5 Å². The number of nitrogens with zero attached hydrogens (tertiary/aromatic N) is 4. The molecule has 0 unspecified atom stereocenters. The van der Waals surface area contributed by atoms with Gasteiger partial charge in [-0.25, -0.2) is 0 Å². The third-order valence-corrected chi connectivity index (χ3v) is 5.53. The van der Waals surface area contributed by atoms with Crippen molar-refractivity contribution in [1.82, 2.24) is 9.80 Å². The fourth-order valence-electron chi connectivity index (χ4n) is 3.94. The van der Waals surface area contributed by atoms with E-state index in [4.69, 9.17) is 0 Å². The summed E-state index contributed by atoms with van der Waals surface area (Å²) in [4.78, 5) is 11.9. The minimum atomic E-state index is 1.05. The Kier molecular flexibility index (Phi) is 6.14. The molecule has 3 rings (SSSR count). The molecule has 0 radical (unpaired) electrons. The van der Waals surface area contributed by atoms with Gasteiger partial charge in [-0.2, -0.15) is 0 Å². The molecule has 0 aliphatic carbocycles. The van der Waals surface area contributed by atoms with Gasteiger partial charge in [-0.3, -0.25) is 9.89 Å². The number of aryl methyl sites for hydroxylation is 1. The van der Waals surface area contributed by atoms with E-state index in [1.807, 2.05) is 7.05 Å². The van der Waals surface area contributed by atoms with Crippen molar-refractivity contribution < 1.29 is 0 Å². The summed E-state index contributed by atoms with van der Waals surface area (Å²) >= 11 is 0. The minimum absolute atomic E-state index is 1.05. The van der Waals surface area contributed by atoms with Crippen molar-refractivity contribution in [2.75, 3.05) is 51.2 Å². The zero-order valence-electron chi connectivity index (χ0n) is 15.9. The second-order valence-electron chi connectivity index (χ2n) is 7.18. The molecule has 1 aromatic carbocycles. The number of para-hydroxylation sites is 1. The van der Waals surface area contributed by atoms with E-state index in [0.29, 0.717) is 0 Å². The largest absolute Gasteiger partial charge is 0.369 e. The molecule has 4 nitrogen and oxygen atoms in total. The molecule has 4 heteroatoms. The molecule has 0 spiro atoms. The Balaban J connectivity index is 1.46. The maximum Gasteiger partial charge on any atom is 0.103 e. The van der Waals surface area contributed by atoms with Crippen molar-refractivity contribution in [2.24, 2.45) is 4.99 Å². The van der Waals surface area contributed by atoms with Crippen LogP contribution in [0.1, 0.15) is 31.2 Å². The number of rotatable bonds is 5. The number of likely N-dealkylation sites (tertiary alicyclic amines) is 1. The lowest BCUT2D eigenvalue weighted by atomic mass is 10.1. The van der Waals surface area contributed by atoms with Gasteiger partial charge in [-0.1, -0.05) is 24.8 Å². The summed E-state index contributed by atoms with van der Waals surface area (Å²) < 4.78 is 0. The first-order valence-electron chi connectivity index (χ1n) is 9.63. The summed E-state index contributed by atoms with van der Waals surface area (Å²) in [5.74, 6) is 1.22. The molecule has 0 amide bonds. The zero-order valence-corrected chi connectivity index (χ0v) is 15.9. The number of aliphatic imine (C=N–C) groups is 1. The Hall–Kier alpha value is -1.81. The van der Waals surface area contributed by atoms with Crippen LogP contribution >= 0.6 is 0 Å². The van der Waals surface area contributed by atoms with Crippen LogP contribution in [0.25, 0.3) is 0 Å². The lowest BCUT2D eigenvalue weighted by molar-refractivity contribution is 0.254. The number of hydrogen-bond acceptors (Lipinski definition) is 3. The molecule has 0 bridgehead atoms. The molecule has 2 saturated heterocycles. The highest BCUT2D eigenvalue weighted by Crippen LogP contribution is 2.22. The number of piperazine rings is 1. The van der Waals surface area contributed by atoms with Gasteiger partial charge in [-0.15, -0.1) is 0 Å². The Bertz CT molecular complexity index is 614. The standard InChI is InChI=1S/C21H32N4/c1-18-8-4-5-9-20(18)24-16-14-23(15-17-24)13-11-19(2)25-12-7-6-10-21(25)22-3/h4-5,8-9H,2,6-7,10-17H2,1,3H3/b22-21-. The van der Waals surface area contributed by atoms with E-state index in [2.05, 4.69) is 57.5 Å². The van der Waals surface area contributed by atoms with Crippen molar-refractivity contribution in [3.8, 4) is 0 Å².